The Morgan fingerprint density at radius 2 is 2.24 bits per heavy atom. The Bertz CT molecular complexity index is 489. The lowest BCUT2D eigenvalue weighted by atomic mass is 9.89. The van der Waals surface area contributed by atoms with Crippen molar-refractivity contribution >= 4 is 11.4 Å². The van der Waals surface area contributed by atoms with Crippen molar-refractivity contribution in [2.24, 2.45) is 0 Å². The highest BCUT2D eigenvalue weighted by atomic mass is 16.6. The molecule has 0 spiro atoms. The highest BCUT2D eigenvalue weighted by Gasteiger charge is 2.29. The lowest BCUT2D eigenvalue weighted by Gasteiger charge is -2.32. The maximum Gasteiger partial charge on any atom is 0.309 e. The van der Waals surface area contributed by atoms with Crippen LogP contribution in [-0.2, 0) is 0 Å². The van der Waals surface area contributed by atoms with Crippen molar-refractivity contribution in [3.8, 4) is 6.07 Å². The van der Waals surface area contributed by atoms with Crippen molar-refractivity contribution < 1.29 is 10.0 Å². The van der Waals surface area contributed by atoms with Crippen LogP contribution < -0.4 is 5.32 Å². The number of aliphatic hydroxyl groups is 1. The first-order chi connectivity index (χ1) is 8.11. The molecule has 1 aliphatic rings. The fourth-order valence-corrected chi connectivity index (χ4v) is 1.87. The third-order valence-electron chi connectivity index (χ3n) is 2.81. The molecule has 17 heavy (non-hydrogen) atoms. The summed E-state index contributed by atoms with van der Waals surface area (Å²) in [6.07, 6.45) is 0.827. The molecule has 1 aliphatic carbocycles. The molecule has 2 N–H and O–H groups in total. The number of nitro groups is 1. The standard InChI is InChI=1S/C11H11N3O3/c12-6-7-2-1-3-10(11(7)14(16)17)13-8-4-9(15)5-8/h1-3,8-9,13,15H,4-5H2. The van der Waals surface area contributed by atoms with Gasteiger partial charge in [0.05, 0.1) is 11.0 Å². The van der Waals surface area contributed by atoms with Gasteiger partial charge >= 0.3 is 5.69 Å². The normalized spacial score (nSPS) is 22.4. The molecule has 1 fully saturated rings. The van der Waals surface area contributed by atoms with Gasteiger partial charge in [-0.05, 0) is 25.0 Å². The Labute approximate surface area is 97.6 Å². The molecular formula is C11H11N3O3. The molecule has 0 bridgehead atoms. The van der Waals surface area contributed by atoms with E-state index in [1.54, 1.807) is 18.2 Å². The van der Waals surface area contributed by atoms with Gasteiger partial charge in [-0.25, -0.2) is 0 Å². The SMILES string of the molecule is N#Cc1cccc(NC2CC(O)C2)c1[N+](=O)[O-]. The molecule has 0 aromatic heterocycles. The molecule has 0 heterocycles. The predicted molar refractivity (Wildman–Crippen MR) is 60.5 cm³/mol. The minimum absolute atomic E-state index is 0.0395. The molecule has 0 aliphatic heterocycles. The van der Waals surface area contributed by atoms with Gasteiger partial charge in [0.1, 0.15) is 17.3 Å². The molecule has 0 radical (unpaired) electrons. The molecule has 0 amide bonds. The summed E-state index contributed by atoms with van der Waals surface area (Å²) in [5.41, 5.74) is 0.183. The Hall–Kier alpha value is -2.13. The Morgan fingerprint density at radius 1 is 1.53 bits per heavy atom. The van der Waals surface area contributed by atoms with E-state index in [0.717, 1.165) is 0 Å². The Balaban J connectivity index is 2.27. The fraction of sp³-hybridized carbons (Fsp3) is 0.364. The monoisotopic (exact) mass is 233 g/mol. The van der Waals surface area contributed by atoms with Crippen molar-refractivity contribution in [3.63, 3.8) is 0 Å². The number of benzene rings is 1. The lowest BCUT2D eigenvalue weighted by molar-refractivity contribution is -0.384. The number of anilines is 1. The van der Waals surface area contributed by atoms with Crippen LogP contribution in [0, 0.1) is 21.4 Å². The van der Waals surface area contributed by atoms with Crippen LogP contribution in [0.4, 0.5) is 11.4 Å². The minimum atomic E-state index is -0.560. The summed E-state index contributed by atoms with van der Waals surface area (Å²) in [6, 6.07) is 6.43. The second-order valence-electron chi connectivity index (χ2n) is 4.04. The fourth-order valence-electron chi connectivity index (χ4n) is 1.87. The van der Waals surface area contributed by atoms with E-state index in [9.17, 15) is 10.1 Å². The molecule has 2 rings (SSSR count). The van der Waals surface area contributed by atoms with E-state index in [1.165, 1.54) is 6.07 Å². The number of hydrogen-bond acceptors (Lipinski definition) is 5. The third-order valence-corrected chi connectivity index (χ3v) is 2.81. The summed E-state index contributed by atoms with van der Waals surface area (Å²) in [5.74, 6) is 0. The lowest BCUT2D eigenvalue weighted by Crippen LogP contribution is -2.39. The van der Waals surface area contributed by atoms with Gasteiger partial charge in [0.25, 0.3) is 0 Å². The first-order valence-corrected chi connectivity index (χ1v) is 5.24. The predicted octanol–water partition coefficient (Wildman–Crippen LogP) is 1.40. The van der Waals surface area contributed by atoms with Gasteiger partial charge < -0.3 is 10.4 Å². The minimum Gasteiger partial charge on any atom is -0.393 e. The first kappa shape index (κ1) is 11.4. The van der Waals surface area contributed by atoms with Crippen LogP contribution in [0.5, 0.6) is 0 Å². The van der Waals surface area contributed by atoms with Crippen LogP contribution in [-0.4, -0.2) is 22.2 Å². The average Bonchev–Trinajstić information content (AvgIpc) is 2.26. The van der Waals surface area contributed by atoms with E-state index >= 15 is 0 Å². The summed E-state index contributed by atoms with van der Waals surface area (Å²) in [7, 11) is 0. The maximum absolute atomic E-state index is 10.9. The smallest absolute Gasteiger partial charge is 0.309 e. The molecule has 6 heteroatoms. The van der Waals surface area contributed by atoms with Crippen molar-refractivity contribution in [3.05, 3.63) is 33.9 Å². The largest absolute Gasteiger partial charge is 0.393 e. The third kappa shape index (κ3) is 2.19. The van der Waals surface area contributed by atoms with Crippen molar-refractivity contribution in [1.82, 2.24) is 0 Å². The maximum atomic E-state index is 10.9. The van der Waals surface area contributed by atoms with Gasteiger partial charge in [-0.15, -0.1) is 0 Å². The van der Waals surface area contributed by atoms with Gasteiger partial charge in [0.2, 0.25) is 0 Å². The van der Waals surface area contributed by atoms with Crippen LogP contribution in [0.25, 0.3) is 0 Å². The zero-order valence-corrected chi connectivity index (χ0v) is 8.96. The topological polar surface area (TPSA) is 99.2 Å². The number of rotatable bonds is 3. The van der Waals surface area contributed by atoms with Crippen LogP contribution in [0.1, 0.15) is 18.4 Å². The number of nitro benzene ring substituents is 1. The number of nitrogens with one attached hydrogen (secondary N) is 1. The number of nitriles is 1. The number of nitrogens with zero attached hydrogens (tertiary/aromatic N) is 2. The molecule has 1 saturated carbocycles. The summed E-state index contributed by atoms with van der Waals surface area (Å²) in [5, 5.41) is 31.9. The van der Waals surface area contributed by atoms with Gasteiger partial charge in [-0.2, -0.15) is 5.26 Å². The quantitative estimate of drug-likeness (QED) is 0.607. The van der Waals surface area contributed by atoms with E-state index < -0.39 is 4.92 Å². The van der Waals surface area contributed by atoms with E-state index in [-0.39, 0.29) is 23.4 Å². The molecule has 1 aromatic rings. The van der Waals surface area contributed by atoms with Crippen LogP contribution in [0.15, 0.2) is 18.2 Å². The summed E-state index contributed by atoms with van der Waals surface area (Å²) in [6.45, 7) is 0. The van der Waals surface area contributed by atoms with E-state index in [0.29, 0.717) is 18.5 Å². The van der Waals surface area contributed by atoms with E-state index in [1.807, 2.05) is 0 Å². The van der Waals surface area contributed by atoms with Crippen LogP contribution >= 0.6 is 0 Å². The molecule has 1 aromatic carbocycles. The van der Waals surface area contributed by atoms with Gasteiger partial charge in [0, 0.05) is 6.04 Å². The number of aliphatic hydroxyl groups excluding tert-OH is 1. The summed E-state index contributed by atoms with van der Waals surface area (Å²) >= 11 is 0. The van der Waals surface area contributed by atoms with Gasteiger partial charge in [0.15, 0.2) is 0 Å². The highest BCUT2D eigenvalue weighted by molar-refractivity contribution is 5.68. The molecule has 88 valence electrons. The van der Waals surface area contributed by atoms with Crippen molar-refractivity contribution in [1.29, 1.82) is 5.26 Å². The van der Waals surface area contributed by atoms with Crippen LogP contribution in [0.3, 0.4) is 0 Å². The van der Waals surface area contributed by atoms with Gasteiger partial charge in [-0.3, -0.25) is 10.1 Å². The molecule has 0 unspecified atom stereocenters. The molecule has 6 nitrogen and oxygen atoms in total. The highest BCUT2D eigenvalue weighted by Crippen LogP contribution is 2.32. The molecular weight excluding hydrogens is 222 g/mol. The first-order valence-electron chi connectivity index (χ1n) is 5.24. The van der Waals surface area contributed by atoms with E-state index in [2.05, 4.69) is 5.32 Å². The van der Waals surface area contributed by atoms with Crippen LogP contribution in [0.2, 0.25) is 0 Å². The number of hydrogen-bond donors (Lipinski definition) is 2. The Morgan fingerprint density at radius 3 is 2.76 bits per heavy atom. The number of para-hydroxylation sites is 1. The second kappa shape index (κ2) is 4.39. The van der Waals surface area contributed by atoms with Crippen molar-refractivity contribution in [2.45, 2.75) is 25.0 Å². The molecule has 0 atom stereocenters. The molecule has 0 saturated heterocycles. The summed E-state index contributed by atoms with van der Waals surface area (Å²) < 4.78 is 0. The Kier molecular flexibility index (Phi) is 2.93. The zero-order chi connectivity index (χ0) is 12.4. The zero-order valence-electron chi connectivity index (χ0n) is 8.96. The van der Waals surface area contributed by atoms with Gasteiger partial charge in [-0.1, -0.05) is 6.07 Å². The van der Waals surface area contributed by atoms with E-state index in [4.69, 9.17) is 10.4 Å². The summed E-state index contributed by atoms with van der Waals surface area (Å²) in [4.78, 5) is 10.4. The average molecular weight is 233 g/mol. The van der Waals surface area contributed by atoms with Crippen molar-refractivity contribution in [2.75, 3.05) is 5.32 Å². The second-order valence-corrected chi connectivity index (χ2v) is 4.04.